The smallest absolute Gasteiger partial charge is 0.137 e. The zero-order chi connectivity index (χ0) is 12.5. The summed E-state index contributed by atoms with van der Waals surface area (Å²) in [5, 5.41) is 1.06. The van der Waals surface area contributed by atoms with Gasteiger partial charge in [0.25, 0.3) is 0 Å². The summed E-state index contributed by atoms with van der Waals surface area (Å²) in [6.07, 6.45) is 5.49. The number of aromatic nitrogens is 2. The molecule has 1 fully saturated rings. The molecule has 1 aliphatic heterocycles. The van der Waals surface area contributed by atoms with Crippen LogP contribution >= 0.6 is 15.9 Å². The summed E-state index contributed by atoms with van der Waals surface area (Å²) in [5.74, 6) is 0.779. The summed E-state index contributed by atoms with van der Waals surface area (Å²) in [6, 6.07) is 6.77. The molecule has 2 unspecified atom stereocenters. The Labute approximate surface area is 116 Å². The average Bonchev–Trinajstić information content (AvgIpc) is 2.93. The summed E-state index contributed by atoms with van der Waals surface area (Å²) in [5.41, 5.74) is 2.20. The normalized spacial score (nSPS) is 25.0. The number of alkyl halides is 1. The van der Waals surface area contributed by atoms with Crippen LogP contribution in [0.15, 0.2) is 30.6 Å². The SMILES string of the molecule is CC1CCN(Cc2cn3ccccc3n2)C1CBr. The Balaban J connectivity index is 1.80. The van der Waals surface area contributed by atoms with E-state index in [2.05, 4.69) is 55.6 Å². The molecule has 3 nitrogen and oxygen atoms in total. The molecule has 3 rings (SSSR count). The van der Waals surface area contributed by atoms with Crippen molar-refractivity contribution in [2.75, 3.05) is 11.9 Å². The molecule has 0 N–H and O–H groups in total. The van der Waals surface area contributed by atoms with Gasteiger partial charge >= 0.3 is 0 Å². The Morgan fingerprint density at radius 3 is 3.11 bits per heavy atom. The molecule has 1 saturated heterocycles. The third-order valence-corrected chi connectivity index (χ3v) is 4.60. The van der Waals surface area contributed by atoms with Gasteiger partial charge in [-0.1, -0.05) is 28.9 Å². The number of hydrogen-bond acceptors (Lipinski definition) is 2. The van der Waals surface area contributed by atoms with Crippen molar-refractivity contribution in [3.8, 4) is 0 Å². The second-order valence-electron chi connectivity index (χ2n) is 5.16. The number of fused-ring (bicyclic) bond motifs is 1. The highest BCUT2D eigenvalue weighted by Crippen LogP contribution is 2.26. The molecule has 18 heavy (non-hydrogen) atoms. The Morgan fingerprint density at radius 2 is 2.33 bits per heavy atom. The van der Waals surface area contributed by atoms with Gasteiger partial charge in [0.2, 0.25) is 0 Å². The average molecular weight is 308 g/mol. The molecule has 0 aromatic carbocycles. The topological polar surface area (TPSA) is 20.5 Å². The Bertz CT molecular complexity index is 504. The zero-order valence-electron chi connectivity index (χ0n) is 10.6. The fourth-order valence-corrected chi connectivity index (χ4v) is 3.85. The molecule has 4 heteroatoms. The van der Waals surface area contributed by atoms with Crippen LogP contribution in [0.1, 0.15) is 19.0 Å². The van der Waals surface area contributed by atoms with E-state index in [1.807, 2.05) is 12.1 Å². The van der Waals surface area contributed by atoms with Crippen LogP contribution in [0.5, 0.6) is 0 Å². The van der Waals surface area contributed by atoms with Gasteiger partial charge in [-0.2, -0.15) is 0 Å². The fraction of sp³-hybridized carbons (Fsp3) is 0.500. The number of rotatable bonds is 3. The lowest BCUT2D eigenvalue weighted by atomic mass is 10.1. The third kappa shape index (κ3) is 2.19. The van der Waals surface area contributed by atoms with Gasteiger partial charge in [0.1, 0.15) is 5.65 Å². The maximum absolute atomic E-state index is 4.68. The first-order valence-electron chi connectivity index (χ1n) is 6.50. The van der Waals surface area contributed by atoms with E-state index in [0.29, 0.717) is 6.04 Å². The lowest BCUT2D eigenvalue weighted by molar-refractivity contribution is 0.242. The standard InChI is InChI=1S/C14H18BrN3/c1-11-5-7-17(13(11)8-15)9-12-10-18-6-3-2-4-14(18)16-12/h2-4,6,10-11,13H,5,7-9H2,1H3. The molecule has 0 spiro atoms. The van der Waals surface area contributed by atoms with Crippen molar-refractivity contribution >= 4 is 21.6 Å². The largest absolute Gasteiger partial charge is 0.307 e. The first-order valence-corrected chi connectivity index (χ1v) is 7.62. The van der Waals surface area contributed by atoms with Gasteiger partial charge in [-0.25, -0.2) is 4.98 Å². The molecule has 2 atom stereocenters. The number of nitrogens with zero attached hydrogens (tertiary/aromatic N) is 3. The Morgan fingerprint density at radius 1 is 1.44 bits per heavy atom. The van der Waals surface area contributed by atoms with Crippen LogP contribution in [0, 0.1) is 5.92 Å². The fourth-order valence-electron chi connectivity index (χ4n) is 2.80. The quantitative estimate of drug-likeness (QED) is 0.813. The van der Waals surface area contributed by atoms with Crippen molar-refractivity contribution in [3.05, 3.63) is 36.3 Å². The lowest BCUT2D eigenvalue weighted by Crippen LogP contribution is -2.33. The van der Waals surface area contributed by atoms with Gasteiger partial charge in [0.15, 0.2) is 0 Å². The molecule has 0 saturated carbocycles. The maximum Gasteiger partial charge on any atom is 0.137 e. The second-order valence-corrected chi connectivity index (χ2v) is 5.80. The first-order chi connectivity index (χ1) is 8.78. The number of hydrogen-bond donors (Lipinski definition) is 0. The van der Waals surface area contributed by atoms with Crippen LogP contribution in [0.25, 0.3) is 5.65 Å². The Hall–Kier alpha value is -0.870. The van der Waals surface area contributed by atoms with Crippen LogP contribution in [0.3, 0.4) is 0 Å². The second kappa shape index (κ2) is 5.02. The van der Waals surface area contributed by atoms with E-state index in [4.69, 9.17) is 0 Å². The number of halogens is 1. The van der Waals surface area contributed by atoms with E-state index in [1.165, 1.54) is 18.7 Å². The van der Waals surface area contributed by atoms with E-state index in [9.17, 15) is 0 Å². The minimum Gasteiger partial charge on any atom is -0.307 e. The van der Waals surface area contributed by atoms with E-state index >= 15 is 0 Å². The number of imidazole rings is 1. The molecular weight excluding hydrogens is 290 g/mol. The minimum atomic E-state index is 0.648. The monoisotopic (exact) mass is 307 g/mol. The molecule has 0 amide bonds. The third-order valence-electron chi connectivity index (χ3n) is 3.93. The van der Waals surface area contributed by atoms with Crippen LogP contribution in [0.4, 0.5) is 0 Å². The zero-order valence-corrected chi connectivity index (χ0v) is 12.2. The van der Waals surface area contributed by atoms with E-state index in [-0.39, 0.29) is 0 Å². The molecule has 96 valence electrons. The van der Waals surface area contributed by atoms with E-state index in [1.54, 1.807) is 0 Å². The van der Waals surface area contributed by atoms with Crippen molar-refractivity contribution in [1.82, 2.24) is 14.3 Å². The molecule has 0 bridgehead atoms. The van der Waals surface area contributed by atoms with Crippen LogP contribution in [-0.2, 0) is 6.54 Å². The number of pyridine rings is 1. The minimum absolute atomic E-state index is 0.648. The summed E-state index contributed by atoms with van der Waals surface area (Å²) >= 11 is 3.64. The van der Waals surface area contributed by atoms with Gasteiger partial charge in [-0.05, 0) is 31.0 Å². The molecule has 2 aromatic heterocycles. The van der Waals surface area contributed by atoms with Crippen molar-refractivity contribution in [2.45, 2.75) is 25.9 Å². The van der Waals surface area contributed by atoms with Gasteiger partial charge in [0.05, 0.1) is 5.69 Å². The highest BCUT2D eigenvalue weighted by molar-refractivity contribution is 9.09. The van der Waals surface area contributed by atoms with Crippen LogP contribution < -0.4 is 0 Å². The predicted molar refractivity (Wildman–Crippen MR) is 77.0 cm³/mol. The van der Waals surface area contributed by atoms with Crippen molar-refractivity contribution in [2.24, 2.45) is 5.92 Å². The summed E-state index contributed by atoms with van der Waals surface area (Å²) in [7, 11) is 0. The van der Waals surface area contributed by atoms with Crippen molar-refractivity contribution in [1.29, 1.82) is 0 Å². The van der Waals surface area contributed by atoms with Crippen molar-refractivity contribution in [3.63, 3.8) is 0 Å². The lowest BCUT2D eigenvalue weighted by Gasteiger charge is -2.23. The molecule has 2 aromatic rings. The highest BCUT2D eigenvalue weighted by atomic mass is 79.9. The van der Waals surface area contributed by atoms with Gasteiger partial charge in [-0.15, -0.1) is 0 Å². The van der Waals surface area contributed by atoms with Gasteiger partial charge < -0.3 is 4.40 Å². The summed E-state index contributed by atoms with van der Waals surface area (Å²) < 4.78 is 2.10. The predicted octanol–water partition coefficient (Wildman–Crippen LogP) is 2.94. The molecule has 0 aliphatic carbocycles. The molecule has 1 aliphatic rings. The maximum atomic E-state index is 4.68. The summed E-state index contributed by atoms with van der Waals surface area (Å²) in [4.78, 5) is 7.22. The van der Waals surface area contributed by atoms with Crippen LogP contribution in [0.2, 0.25) is 0 Å². The van der Waals surface area contributed by atoms with Crippen LogP contribution in [-0.4, -0.2) is 32.2 Å². The molecular formula is C14H18BrN3. The van der Waals surface area contributed by atoms with E-state index in [0.717, 1.165) is 23.4 Å². The number of likely N-dealkylation sites (tertiary alicyclic amines) is 1. The molecule has 0 radical (unpaired) electrons. The van der Waals surface area contributed by atoms with Crippen molar-refractivity contribution < 1.29 is 0 Å². The van der Waals surface area contributed by atoms with E-state index < -0.39 is 0 Å². The highest BCUT2D eigenvalue weighted by Gasteiger charge is 2.30. The van der Waals surface area contributed by atoms with Gasteiger partial charge in [0, 0.05) is 30.3 Å². The molecule has 3 heterocycles. The van der Waals surface area contributed by atoms with Gasteiger partial charge in [-0.3, -0.25) is 4.90 Å². The summed E-state index contributed by atoms with van der Waals surface area (Å²) in [6.45, 7) is 4.49. The first kappa shape index (κ1) is 12.2. The Kier molecular flexibility index (Phi) is 3.39.